The van der Waals surface area contributed by atoms with Crippen molar-refractivity contribution in [3.8, 4) is 0 Å². The smallest absolute Gasteiger partial charge is 0.228 e. The van der Waals surface area contributed by atoms with Gasteiger partial charge in [0.2, 0.25) is 5.91 Å². The highest BCUT2D eigenvalue weighted by molar-refractivity contribution is 5.82. The summed E-state index contributed by atoms with van der Waals surface area (Å²) in [7, 11) is 3.37. The minimum absolute atomic E-state index is 0.194. The predicted octanol–water partition coefficient (Wildman–Crippen LogP) is 1.68. The Morgan fingerprint density at radius 3 is 1.82 bits per heavy atom. The Hall–Kier alpha value is -0.610. The number of hydrogen-bond acceptors (Lipinski definition) is 3. The van der Waals surface area contributed by atoms with Gasteiger partial charge in [-0.1, -0.05) is 20.8 Å². The van der Waals surface area contributed by atoms with E-state index in [2.05, 4.69) is 0 Å². The Labute approximate surface area is 104 Å². The lowest BCUT2D eigenvalue weighted by atomic mass is 9.94. The average Bonchev–Trinajstić information content (AvgIpc) is 2.60. The number of nitrogens with zero attached hydrogens (tertiary/aromatic N) is 1. The van der Waals surface area contributed by atoms with Crippen LogP contribution in [0, 0.1) is 5.41 Å². The van der Waals surface area contributed by atoms with E-state index in [9.17, 15) is 4.79 Å². The Balaban J connectivity index is 2.81. The summed E-state index contributed by atoms with van der Waals surface area (Å²) in [4.78, 5) is 14.4. The van der Waals surface area contributed by atoms with Crippen LogP contribution in [-0.4, -0.2) is 50.3 Å². The standard InChI is InChI=1S/C13H25NO3/c1-13(2,3)12(15)14-10(8-16-4)6-7-11(14)9-17-5/h10-11H,6-9H2,1-5H3/t10-,11-/m0/s1. The number of carbonyl (C=O) groups is 1. The predicted molar refractivity (Wildman–Crippen MR) is 66.9 cm³/mol. The molecule has 1 aliphatic heterocycles. The fraction of sp³-hybridized carbons (Fsp3) is 0.923. The molecule has 0 radical (unpaired) electrons. The van der Waals surface area contributed by atoms with Gasteiger partial charge in [-0.3, -0.25) is 4.79 Å². The molecule has 0 saturated carbocycles. The topological polar surface area (TPSA) is 38.8 Å². The van der Waals surface area contributed by atoms with E-state index in [1.54, 1.807) is 14.2 Å². The second-order valence-electron chi connectivity index (χ2n) is 5.76. The third-order valence-electron chi connectivity index (χ3n) is 3.21. The van der Waals surface area contributed by atoms with Gasteiger partial charge in [0, 0.05) is 19.6 Å². The zero-order valence-corrected chi connectivity index (χ0v) is 11.7. The van der Waals surface area contributed by atoms with Crippen molar-refractivity contribution in [2.75, 3.05) is 27.4 Å². The zero-order valence-electron chi connectivity index (χ0n) is 11.7. The maximum Gasteiger partial charge on any atom is 0.228 e. The molecular formula is C13H25NO3. The van der Waals surface area contributed by atoms with E-state index < -0.39 is 0 Å². The fourth-order valence-corrected chi connectivity index (χ4v) is 2.39. The van der Waals surface area contributed by atoms with Gasteiger partial charge in [-0.25, -0.2) is 0 Å². The van der Waals surface area contributed by atoms with Gasteiger partial charge in [-0.05, 0) is 12.8 Å². The molecule has 1 aliphatic rings. The van der Waals surface area contributed by atoms with Gasteiger partial charge in [0.15, 0.2) is 0 Å². The summed E-state index contributed by atoms with van der Waals surface area (Å²) in [6, 6.07) is 0.402. The van der Waals surface area contributed by atoms with Crippen molar-refractivity contribution in [3.63, 3.8) is 0 Å². The summed E-state index contributed by atoms with van der Waals surface area (Å²) in [6.45, 7) is 7.11. The van der Waals surface area contributed by atoms with Crippen LogP contribution in [0.1, 0.15) is 33.6 Å². The van der Waals surface area contributed by atoms with E-state index >= 15 is 0 Å². The van der Waals surface area contributed by atoms with E-state index in [1.165, 1.54) is 0 Å². The first-order valence-corrected chi connectivity index (χ1v) is 6.22. The number of rotatable bonds is 4. The molecule has 0 spiro atoms. The molecule has 1 saturated heterocycles. The van der Waals surface area contributed by atoms with E-state index in [-0.39, 0.29) is 23.4 Å². The Bertz CT molecular complexity index is 246. The first kappa shape index (κ1) is 14.5. The van der Waals surface area contributed by atoms with Crippen molar-refractivity contribution in [1.29, 1.82) is 0 Å². The summed E-state index contributed by atoms with van der Waals surface area (Å²) in [5.41, 5.74) is -0.345. The molecule has 1 rings (SSSR count). The maximum atomic E-state index is 12.5. The molecule has 0 N–H and O–H groups in total. The number of carbonyl (C=O) groups excluding carboxylic acids is 1. The van der Waals surface area contributed by atoms with Crippen LogP contribution in [0.2, 0.25) is 0 Å². The summed E-state index contributed by atoms with van der Waals surface area (Å²) in [5.74, 6) is 0.194. The highest BCUT2D eigenvalue weighted by Crippen LogP contribution is 2.30. The molecule has 4 nitrogen and oxygen atoms in total. The van der Waals surface area contributed by atoms with E-state index in [0.717, 1.165) is 12.8 Å². The number of hydrogen-bond donors (Lipinski definition) is 0. The molecule has 100 valence electrons. The number of ether oxygens (including phenoxy) is 2. The molecule has 0 aromatic carbocycles. The van der Waals surface area contributed by atoms with E-state index in [1.807, 2.05) is 25.7 Å². The first-order valence-electron chi connectivity index (χ1n) is 6.22. The highest BCUT2D eigenvalue weighted by Gasteiger charge is 2.40. The van der Waals surface area contributed by atoms with Crippen molar-refractivity contribution in [2.45, 2.75) is 45.7 Å². The summed E-state index contributed by atoms with van der Waals surface area (Å²) < 4.78 is 10.4. The van der Waals surface area contributed by atoms with Crippen molar-refractivity contribution in [1.82, 2.24) is 4.90 Å². The minimum Gasteiger partial charge on any atom is -0.383 e. The van der Waals surface area contributed by atoms with Crippen LogP contribution in [0.5, 0.6) is 0 Å². The number of likely N-dealkylation sites (tertiary alicyclic amines) is 1. The first-order chi connectivity index (χ1) is 7.91. The van der Waals surface area contributed by atoms with Crippen LogP contribution in [0.4, 0.5) is 0 Å². The van der Waals surface area contributed by atoms with Gasteiger partial charge in [-0.15, -0.1) is 0 Å². The molecule has 1 amide bonds. The monoisotopic (exact) mass is 243 g/mol. The van der Waals surface area contributed by atoms with Crippen molar-refractivity contribution >= 4 is 5.91 Å². The summed E-state index contributed by atoms with van der Waals surface area (Å²) >= 11 is 0. The third-order valence-corrected chi connectivity index (χ3v) is 3.21. The summed E-state index contributed by atoms with van der Waals surface area (Å²) in [5, 5.41) is 0. The van der Waals surface area contributed by atoms with Gasteiger partial charge in [0.05, 0.1) is 25.3 Å². The number of methoxy groups -OCH3 is 2. The average molecular weight is 243 g/mol. The Morgan fingerprint density at radius 2 is 1.53 bits per heavy atom. The highest BCUT2D eigenvalue weighted by atomic mass is 16.5. The maximum absolute atomic E-state index is 12.5. The minimum atomic E-state index is -0.345. The molecule has 0 bridgehead atoms. The molecule has 2 atom stereocenters. The van der Waals surface area contributed by atoms with Gasteiger partial charge in [0.25, 0.3) is 0 Å². The van der Waals surface area contributed by atoms with Crippen LogP contribution in [0.25, 0.3) is 0 Å². The normalized spacial score (nSPS) is 25.4. The van der Waals surface area contributed by atoms with Crippen LogP contribution in [0.3, 0.4) is 0 Å². The van der Waals surface area contributed by atoms with Gasteiger partial charge < -0.3 is 14.4 Å². The van der Waals surface area contributed by atoms with Gasteiger partial charge in [-0.2, -0.15) is 0 Å². The molecular weight excluding hydrogens is 218 g/mol. The van der Waals surface area contributed by atoms with Crippen LogP contribution in [-0.2, 0) is 14.3 Å². The fourth-order valence-electron chi connectivity index (χ4n) is 2.39. The SMILES string of the molecule is COC[C@@H]1CC[C@@H](COC)N1C(=O)C(C)(C)C. The van der Waals surface area contributed by atoms with Gasteiger partial charge >= 0.3 is 0 Å². The van der Waals surface area contributed by atoms with Gasteiger partial charge in [0.1, 0.15) is 0 Å². The lowest BCUT2D eigenvalue weighted by Gasteiger charge is -2.34. The van der Waals surface area contributed by atoms with Crippen molar-refractivity contribution in [3.05, 3.63) is 0 Å². The quantitative estimate of drug-likeness (QED) is 0.754. The molecule has 17 heavy (non-hydrogen) atoms. The van der Waals surface area contributed by atoms with Crippen LogP contribution in [0.15, 0.2) is 0 Å². The Morgan fingerprint density at radius 1 is 1.12 bits per heavy atom. The van der Waals surface area contributed by atoms with Crippen LogP contribution < -0.4 is 0 Å². The zero-order chi connectivity index (χ0) is 13.1. The molecule has 0 aromatic rings. The summed E-state index contributed by atoms with van der Waals surface area (Å²) in [6.07, 6.45) is 2.01. The molecule has 0 unspecified atom stereocenters. The molecule has 0 aliphatic carbocycles. The van der Waals surface area contributed by atoms with Crippen molar-refractivity contribution < 1.29 is 14.3 Å². The Kier molecular flexibility index (Phi) is 4.95. The second kappa shape index (κ2) is 5.83. The largest absolute Gasteiger partial charge is 0.383 e. The van der Waals surface area contributed by atoms with E-state index in [0.29, 0.717) is 13.2 Å². The lowest BCUT2D eigenvalue weighted by molar-refractivity contribution is -0.144. The molecule has 1 heterocycles. The van der Waals surface area contributed by atoms with Crippen LogP contribution >= 0.6 is 0 Å². The molecule has 0 aromatic heterocycles. The molecule has 1 fully saturated rings. The number of amides is 1. The third kappa shape index (κ3) is 3.42. The lowest BCUT2D eigenvalue weighted by Crippen LogP contribution is -2.49. The second-order valence-corrected chi connectivity index (χ2v) is 5.76. The van der Waals surface area contributed by atoms with Crippen molar-refractivity contribution in [2.24, 2.45) is 5.41 Å². The molecule has 4 heteroatoms. The van der Waals surface area contributed by atoms with E-state index in [4.69, 9.17) is 9.47 Å².